The molecule has 0 aliphatic heterocycles. The Kier molecular flexibility index (Phi) is 4.33. The summed E-state index contributed by atoms with van der Waals surface area (Å²) in [6.07, 6.45) is 3.59. The second-order valence-corrected chi connectivity index (χ2v) is 1.90. The Morgan fingerprint density at radius 1 is 1.70 bits per heavy atom. The molecule has 0 saturated carbocycles. The van der Waals surface area contributed by atoms with Crippen molar-refractivity contribution in [2.24, 2.45) is 5.73 Å². The van der Waals surface area contributed by atoms with Gasteiger partial charge in [0.25, 0.3) is 0 Å². The molecule has 0 atom stereocenters. The Morgan fingerprint density at radius 2 is 2.30 bits per heavy atom. The Morgan fingerprint density at radius 3 is 2.60 bits per heavy atom. The van der Waals surface area contributed by atoms with E-state index in [9.17, 15) is 0 Å². The molecule has 0 unspecified atom stereocenters. The van der Waals surface area contributed by atoms with E-state index in [-0.39, 0.29) is 0 Å². The van der Waals surface area contributed by atoms with E-state index < -0.39 is 0 Å². The van der Waals surface area contributed by atoms with Crippen molar-refractivity contribution in [3.8, 4) is 0 Å². The zero-order valence-electron chi connectivity index (χ0n) is 6.35. The maximum Gasteiger partial charge on any atom is 0.0267 e. The Labute approximate surface area is 62.1 Å². The minimum absolute atomic E-state index is 0.504. The normalized spacial score (nSPS) is 10.8. The van der Waals surface area contributed by atoms with Crippen molar-refractivity contribution in [3.05, 3.63) is 36.6 Å². The molecule has 3 N–H and O–H groups in total. The molecule has 0 aromatic rings. The van der Waals surface area contributed by atoms with E-state index >= 15 is 0 Å². The SMILES string of the molecule is C=C/C(=C\C(=C)NC)CN. The van der Waals surface area contributed by atoms with Crippen molar-refractivity contribution >= 4 is 0 Å². The van der Waals surface area contributed by atoms with Crippen LogP contribution in [-0.4, -0.2) is 13.6 Å². The minimum atomic E-state index is 0.504. The molecule has 56 valence electrons. The minimum Gasteiger partial charge on any atom is -0.389 e. The molecule has 0 rings (SSSR count). The third-order valence-electron chi connectivity index (χ3n) is 1.18. The molecule has 0 bridgehead atoms. The van der Waals surface area contributed by atoms with E-state index in [1.54, 1.807) is 6.08 Å². The van der Waals surface area contributed by atoms with Gasteiger partial charge in [-0.1, -0.05) is 19.2 Å². The van der Waals surface area contributed by atoms with Gasteiger partial charge in [0.2, 0.25) is 0 Å². The molecular formula is C8H14N2. The molecule has 0 aromatic heterocycles. The van der Waals surface area contributed by atoms with Gasteiger partial charge in [-0.2, -0.15) is 0 Å². The van der Waals surface area contributed by atoms with Gasteiger partial charge in [0.15, 0.2) is 0 Å². The van der Waals surface area contributed by atoms with Crippen molar-refractivity contribution in [2.45, 2.75) is 0 Å². The summed E-state index contributed by atoms with van der Waals surface area (Å²) in [7, 11) is 1.82. The van der Waals surface area contributed by atoms with Crippen LogP contribution in [0.1, 0.15) is 0 Å². The van der Waals surface area contributed by atoms with Crippen LogP contribution in [-0.2, 0) is 0 Å². The highest BCUT2D eigenvalue weighted by atomic mass is 14.8. The molecule has 0 aliphatic carbocycles. The van der Waals surface area contributed by atoms with Crippen LogP contribution in [0.2, 0.25) is 0 Å². The zero-order chi connectivity index (χ0) is 7.98. The number of nitrogens with one attached hydrogen (secondary N) is 1. The molecule has 0 saturated heterocycles. The van der Waals surface area contributed by atoms with Crippen LogP contribution in [0.3, 0.4) is 0 Å². The topological polar surface area (TPSA) is 38.0 Å². The van der Waals surface area contributed by atoms with Crippen molar-refractivity contribution < 1.29 is 0 Å². The van der Waals surface area contributed by atoms with Gasteiger partial charge in [-0.15, -0.1) is 0 Å². The highest BCUT2D eigenvalue weighted by Gasteiger charge is 1.86. The quantitative estimate of drug-likeness (QED) is 0.564. The summed E-state index contributed by atoms with van der Waals surface area (Å²) in [6.45, 7) is 7.82. The summed E-state index contributed by atoms with van der Waals surface area (Å²) in [4.78, 5) is 0. The molecule has 2 nitrogen and oxygen atoms in total. The second kappa shape index (κ2) is 4.82. The van der Waals surface area contributed by atoms with Crippen LogP contribution < -0.4 is 11.1 Å². The lowest BCUT2D eigenvalue weighted by molar-refractivity contribution is 1.03. The Balaban J connectivity index is 4.09. The van der Waals surface area contributed by atoms with Crippen LogP contribution in [0.25, 0.3) is 0 Å². The maximum absolute atomic E-state index is 5.38. The smallest absolute Gasteiger partial charge is 0.0267 e. The van der Waals surface area contributed by atoms with E-state index in [1.165, 1.54) is 0 Å². The Bertz CT molecular complexity index is 157. The van der Waals surface area contributed by atoms with E-state index in [0.717, 1.165) is 11.3 Å². The van der Waals surface area contributed by atoms with Gasteiger partial charge in [0, 0.05) is 19.3 Å². The first-order chi connectivity index (χ1) is 4.74. The van der Waals surface area contributed by atoms with Crippen molar-refractivity contribution in [1.29, 1.82) is 0 Å². The van der Waals surface area contributed by atoms with Gasteiger partial charge >= 0.3 is 0 Å². The van der Waals surface area contributed by atoms with Crippen LogP contribution in [0.5, 0.6) is 0 Å². The number of nitrogens with two attached hydrogens (primary N) is 1. The number of likely N-dealkylation sites (N-methyl/N-ethyl adjacent to an activating group) is 1. The average Bonchev–Trinajstić information content (AvgIpc) is 1.99. The summed E-state index contributed by atoms with van der Waals surface area (Å²) in [5.41, 5.74) is 7.21. The van der Waals surface area contributed by atoms with Crippen molar-refractivity contribution in [3.63, 3.8) is 0 Å². The molecule has 0 amide bonds. The summed E-state index contributed by atoms with van der Waals surface area (Å²) in [6, 6.07) is 0. The lowest BCUT2D eigenvalue weighted by Crippen LogP contribution is -2.05. The third-order valence-corrected chi connectivity index (χ3v) is 1.18. The monoisotopic (exact) mass is 138 g/mol. The summed E-state index contributed by atoms with van der Waals surface area (Å²) in [5.74, 6) is 0. The third kappa shape index (κ3) is 3.10. The highest BCUT2D eigenvalue weighted by Crippen LogP contribution is 1.96. The molecule has 0 aliphatic rings. The molecule has 2 heteroatoms. The first kappa shape index (κ1) is 8.98. The highest BCUT2D eigenvalue weighted by molar-refractivity contribution is 5.26. The summed E-state index contributed by atoms with van der Waals surface area (Å²) >= 11 is 0. The summed E-state index contributed by atoms with van der Waals surface area (Å²) in [5, 5.41) is 2.89. The van der Waals surface area contributed by atoms with Crippen LogP contribution in [0.15, 0.2) is 36.6 Å². The van der Waals surface area contributed by atoms with Gasteiger partial charge in [0.05, 0.1) is 0 Å². The first-order valence-electron chi connectivity index (χ1n) is 3.14. The lowest BCUT2D eigenvalue weighted by Gasteiger charge is -1.99. The Hall–Kier alpha value is -1.02. The van der Waals surface area contributed by atoms with Gasteiger partial charge in [-0.25, -0.2) is 0 Å². The average molecular weight is 138 g/mol. The number of hydrogen-bond acceptors (Lipinski definition) is 2. The van der Waals surface area contributed by atoms with E-state index in [0.29, 0.717) is 6.54 Å². The van der Waals surface area contributed by atoms with Crippen LogP contribution >= 0.6 is 0 Å². The van der Waals surface area contributed by atoms with Gasteiger partial charge < -0.3 is 11.1 Å². The van der Waals surface area contributed by atoms with E-state index in [4.69, 9.17) is 5.73 Å². The fourth-order valence-electron chi connectivity index (χ4n) is 0.497. The van der Waals surface area contributed by atoms with Gasteiger partial charge in [-0.05, 0) is 11.6 Å². The fraction of sp³-hybridized carbons (Fsp3) is 0.250. The van der Waals surface area contributed by atoms with Crippen LogP contribution in [0, 0.1) is 0 Å². The molecular weight excluding hydrogens is 124 g/mol. The number of hydrogen-bond donors (Lipinski definition) is 2. The molecule has 0 fully saturated rings. The van der Waals surface area contributed by atoms with Crippen LogP contribution in [0.4, 0.5) is 0 Å². The molecule has 10 heavy (non-hydrogen) atoms. The van der Waals surface area contributed by atoms with E-state index in [2.05, 4.69) is 18.5 Å². The number of allylic oxidation sites excluding steroid dienone is 1. The largest absolute Gasteiger partial charge is 0.389 e. The molecule has 0 aromatic carbocycles. The lowest BCUT2D eigenvalue weighted by atomic mass is 10.2. The molecule has 0 heterocycles. The van der Waals surface area contributed by atoms with Gasteiger partial charge in [-0.3, -0.25) is 0 Å². The maximum atomic E-state index is 5.38. The van der Waals surface area contributed by atoms with Gasteiger partial charge in [0.1, 0.15) is 0 Å². The van der Waals surface area contributed by atoms with E-state index in [1.807, 2.05) is 13.1 Å². The zero-order valence-corrected chi connectivity index (χ0v) is 6.35. The second-order valence-electron chi connectivity index (χ2n) is 1.90. The molecule has 0 spiro atoms. The van der Waals surface area contributed by atoms with Crippen molar-refractivity contribution in [1.82, 2.24) is 5.32 Å². The standard InChI is InChI=1S/C8H14N2/c1-4-8(6-9)5-7(2)10-3/h4-5,10H,1-2,6,9H2,3H3/b8-5+. The first-order valence-corrected chi connectivity index (χ1v) is 3.14. The van der Waals surface area contributed by atoms with Crippen molar-refractivity contribution in [2.75, 3.05) is 13.6 Å². The molecule has 0 radical (unpaired) electrons. The number of rotatable bonds is 4. The predicted octanol–water partition coefficient (Wildman–Crippen LogP) is 0.791. The summed E-state index contributed by atoms with van der Waals surface area (Å²) < 4.78 is 0. The predicted molar refractivity (Wildman–Crippen MR) is 45.5 cm³/mol. The fourth-order valence-corrected chi connectivity index (χ4v) is 0.497.